The average Bonchev–Trinajstić information content (AvgIpc) is 2.90. The number of nitrogens with zero attached hydrogens (tertiary/aromatic N) is 1. The Labute approximate surface area is 133 Å². The van der Waals surface area contributed by atoms with E-state index in [1.165, 1.54) is 4.90 Å². The molecule has 0 unspecified atom stereocenters. The number of rotatable bonds is 2. The van der Waals surface area contributed by atoms with Crippen molar-refractivity contribution in [1.82, 2.24) is 4.90 Å². The molecule has 2 heterocycles. The van der Waals surface area contributed by atoms with E-state index in [9.17, 15) is 14.7 Å². The third kappa shape index (κ3) is 2.70. The van der Waals surface area contributed by atoms with Gasteiger partial charge in [0.05, 0.1) is 0 Å². The van der Waals surface area contributed by atoms with Gasteiger partial charge in [-0.3, -0.25) is 4.79 Å². The summed E-state index contributed by atoms with van der Waals surface area (Å²) in [4.78, 5) is 25.1. The number of amides is 1. The van der Waals surface area contributed by atoms with Crippen molar-refractivity contribution < 1.29 is 24.2 Å². The van der Waals surface area contributed by atoms with Crippen LogP contribution in [-0.4, -0.2) is 45.7 Å². The fourth-order valence-electron chi connectivity index (χ4n) is 2.86. The minimum Gasteiger partial charge on any atom is -0.479 e. The number of carboxylic acids is 1. The van der Waals surface area contributed by atoms with Gasteiger partial charge in [-0.2, -0.15) is 0 Å². The second-order valence-electron chi connectivity index (χ2n) is 6.21. The molecule has 0 saturated carbocycles. The molecule has 2 N–H and O–H groups in total. The summed E-state index contributed by atoms with van der Waals surface area (Å²) >= 11 is 0. The number of likely N-dealkylation sites (tertiary alicyclic amines) is 1. The minimum absolute atomic E-state index is 0.0204. The highest BCUT2D eigenvalue weighted by atomic mass is 16.4. The third-order valence-corrected chi connectivity index (χ3v) is 4.62. The number of benzene rings is 1. The van der Waals surface area contributed by atoms with Gasteiger partial charge in [0.2, 0.25) is 0 Å². The second kappa shape index (κ2) is 5.38. The summed E-state index contributed by atoms with van der Waals surface area (Å²) in [7, 11) is 0. The van der Waals surface area contributed by atoms with Crippen LogP contribution in [0.2, 0.25) is 0 Å². The Morgan fingerprint density at radius 2 is 1.74 bits per heavy atom. The first-order valence-corrected chi connectivity index (χ1v) is 7.56. The lowest BCUT2D eigenvalue weighted by atomic mass is 9.91. The largest absolute Gasteiger partial charge is 0.479 e. The average molecular weight is 317 g/mol. The van der Waals surface area contributed by atoms with Crippen LogP contribution in [-0.2, 0) is 4.79 Å². The Balaban J connectivity index is 1.80. The van der Waals surface area contributed by atoms with Crippen molar-refractivity contribution >= 4 is 22.8 Å². The number of carbonyl (C=O) groups excluding carboxylic acids is 1. The molecule has 0 bridgehead atoms. The van der Waals surface area contributed by atoms with Gasteiger partial charge in [0.1, 0.15) is 5.58 Å². The predicted molar refractivity (Wildman–Crippen MR) is 83.4 cm³/mol. The van der Waals surface area contributed by atoms with Gasteiger partial charge in [0.15, 0.2) is 11.4 Å². The molecule has 122 valence electrons. The van der Waals surface area contributed by atoms with E-state index in [0.29, 0.717) is 5.58 Å². The maximum absolute atomic E-state index is 12.5. The minimum atomic E-state index is -1.74. The zero-order valence-electron chi connectivity index (χ0n) is 13.1. The smallest absolute Gasteiger partial charge is 0.335 e. The Morgan fingerprint density at radius 3 is 2.35 bits per heavy atom. The number of furan rings is 1. The topological polar surface area (TPSA) is 91.0 Å². The number of piperidine rings is 1. The number of aliphatic hydroxyl groups is 1. The molecule has 1 saturated heterocycles. The fourth-order valence-corrected chi connectivity index (χ4v) is 2.86. The van der Waals surface area contributed by atoms with E-state index in [-0.39, 0.29) is 37.6 Å². The summed E-state index contributed by atoms with van der Waals surface area (Å²) < 4.78 is 5.65. The fraction of sp³-hybridized carbons (Fsp3) is 0.412. The lowest BCUT2D eigenvalue weighted by molar-refractivity contribution is -0.162. The summed E-state index contributed by atoms with van der Waals surface area (Å²) in [5, 5.41) is 19.8. The SMILES string of the molecule is Cc1cc2cc(C(=O)N3CCC(O)(C(=O)O)CC3)oc2cc1C. The van der Waals surface area contributed by atoms with Crippen LogP contribution in [0.15, 0.2) is 22.6 Å². The lowest BCUT2D eigenvalue weighted by Crippen LogP contribution is -2.50. The number of carbonyl (C=O) groups is 2. The summed E-state index contributed by atoms with van der Waals surface area (Å²) in [5.74, 6) is -1.27. The molecule has 3 rings (SSSR count). The monoisotopic (exact) mass is 317 g/mol. The summed E-state index contributed by atoms with van der Waals surface area (Å²) in [5.41, 5.74) is 1.14. The number of aryl methyl sites for hydroxylation is 2. The van der Waals surface area contributed by atoms with E-state index in [2.05, 4.69) is 0 Å². The number of carboxylic acid groups (broad SMARTS) is 1. The number of aliphatic carboxylic acids is 1. The number of fused-ring (bicyclic) bond motifs is 1. The Kier molecular flexibility index (Phi) is 3.64. The van der Waals surface area contributed by atoms with Crippen molar-refractivity contribution in [2.75, 3.05) is 13.1 Å². The molecule has 1 aliphatic heterocycles. The Hall–Kier alpha value is -2.34. The van der Waals surface area contributed by atoms with Crippen molar-refractivity contribution in [3.8, 4) is 0 Å². The van der Waals surface area contributed by atoms with Crippen LogP contribution in [0.4, 0.5) is 0 Å². The van der Waals surface area contributed by atoms with Gasteiger partial charge in [-0.1, -0.05) is 0 Å². The number of hydrogen-bond acceptors (Lipinski definition) is 4. The molecule has 0 aliphatic carbocycles. The summed E-state index contributed by atoms with van der Waals surface area (Å²) in [6.07, 6.45) is 0.0407. The molecule has 0 spiro atoms. The van der Waals surface area contributed by atoms with E-state index in [1.807, 2.05) is 26.0 Å². The highest BCUT2D eigenvalue weighted by Crippen LogP contribution is 2.27. The van der Waals surface area contributed by atoms with Crippen molar-refractivity contribution in [2.24, 2.45) is 0 Å². The van der Waals surface area contributed by atoms with E-state index >= 15 is 0 Å². The van der Waals surface area contributed by atoms with Gasteiger partial charge in [0.25, 0.3) is 5.91 Å². The molecule has 6 heteroatoms. The summed E-state index contributed by atoms with van der Waals surface area (Å²) in [6, 6.07) is 5.59. The van der Waals surface area contributed by atoms with E-state index in [1.54, 1.807) is 6.07 Å². The molecule has 2 aromatic rings. The molecule has 1 fully saturated rings. The Bertz CT molecular complexity index is 745. The Morgan fingerprint density at radius 1 is 1.13 bits per heavy atom. The molecule has 0 radical (unpaired) electrons. The van der Waals surface area contributed by atoms with Crippen LogP contribution in [0.25, 0.3) is 11.0 Å². The van der Waals surface area contributed by atoms with E-state index in [0.717, 1.165) is 16.5 Å². The molecule has 1 aliphatic rings. The molecule has 0 atom stereocenters. The van der Waals surface area contributed by atoms with Gasteiger partial charge in [-0.05, 0) is 43.2 Å². The third-order valence-electron chi connectivity index (χ3n) is 4.62. The van der Waals surface area contributed by atoms with Crippen molar-refractivity contribution in [1.29, 1.82) is 0 Å². The highest BCUT2D eigenvalue weighted by molar-refractivity contribution is 5.96. The molecule has 1 amide bonds. The first-order chi connectivity index (χ1) is 10.8. The van der Waals surface area contributed by atoms with Gasteiger partial charge in [-0.25, -0.2) is 4.79 Å². The first-order valence-electron chi connectivity index (χ1n) is 7.56. The van der Waals surface area contributed by atoms with Crippen LogP contribution >= 0.6 is 0 Å². The summed E-state index contributed by atoms with van der Waals surface area (Å²) in [6.45, 7) is 4.37. The van der Waals surface area contributed by atoms with Gasteiger partial charge in [-0.15, -0.1) is 0 Å². The van der Waals surface area contributed by atoms with Crippen LogP contribution < -0.4 is 0 Å². The van der Waals surface area contributed by atoms with Gasteiger partial charge >= 0.3 is 5.97 Å². The second-order valence-corrected chi connectivity index (χ2v) is 6.21. The van der Waals surface area contributed by atoms with Crippen LogP contribution in [0.5, 0.6) is 0 Å². The van der Waals surface area contributed by atoms with Gasteiger partial charge in [0, 0.05) is 31.3 Å². The molecular weight excluding hydrogens is 298 g/mol. The van der Waals surface area contributed by atoms with Crippen LogP contribution in [0.3, 0.4) is 0 Å². The van der Waals surface area contributed by atoms with Crippen molar-refractivity contribution in [3.05, 3.63) is 35.1 Å². The maximum Gasteiger partial charge on any atom is 0.335 e. The molecule has 23 heavy (non-hydrogen) atoms. The maximum atomic E-state index is 12.5. The van der Waals surface area contributed by atoms with E-state index in [4.69, 9.17) is 9.52 Å². The molecule has 1 aromatic carbocycles. The van der Waals surface area contributed by atoms with Crippen molar-refractivity contribution in [3.63, 3.8) is 0 Å². The zero-order chi connectivity index (χ0) is 16.8. The predicted octanol–water partition coefficient (Wildman–Crippen LogP) is 2.10. The molecular formula is C17H19NO5. The zero-order valence-corrected chi connectivity index (χ0v) is 13.1. The standard InChI is InChI=1S/C17H19NO5/c1-10-7-12-9-14(23-13(12)8-11(10)2)15(19)18-5-3-17(22,4-6-18)16(20)21/h7-9,22H,3-6H2,1-2H3,(H,20,21). The van der Waals surface area contributed by atoms with E-state index < -0.39 is 11.6 Å². The first kappa shape index (κ1) is 15.6. The highest BCUT2D eigenvalue weighted by Gasteiger charge is 2.40. The number of hydrogen-bond donors (Lipinski definition) is 2. The quantitative estimate of drug-likeness (QED) is 0.885. The van der Waals surface area contributed by atoms with Crippen molar-refractivity contribution in [2.45, 2.75) is 32.3 Å². The van der Waals surface area contributed by atoms with Crippen LogP contribution in [0, 0.1) is 13.8 Å². The molecule has 6 nitrogen and oxygen atoms in total. The van der Waals surface area contributed by atoms with Gasteiger partial charge < -0.3 is 19.5 Å². The van der Waals surface area contributed by atoms with Crippen LogP contribution in [0.1, 0.15) is 34.5 Å². The lowest BCUT2D eigenvalue weighted by Gasteiger charge is -2.34. The molecule has 1 aromatic heterocycles. The normalized spacial score (nSPS) is 17.4.